The van der Waals surface area contributed by atoms with E-state index in [9.17, 15) is 0 Å². The molecular formula is C27H46N2. The molecule has 0 aromatic carbocycles. The maximum atomic E-state index is 5.10. The van der Waals surface area contributed by atoms with Gasteiger partial charge in [0.25, 0.3) is 0 Å². The second-order valence-corrected chi connectivity index (χ2v) is 12.9. The van der Waals surface area contributed by atoms with Crippen molar-refractivity contribution in [3.05, 3.63) is 0 Å². The summed E-state index contributed by atoms with van der Waals surface area (Å²) >= 11 is 0. The molecule has 164 valence electrons. The fourth-order valence-corrected chi connectivity index (χ4v) is 9.56. The molecule has 0 amide bonds. The van der Waals surface area contributed by atoms with Gasteiger partial charge in [-0.3, -0.25) is 0 Å². The van der Waals surface area contributed by atoms with E-state index in [0.29, 0.717) is 16.4 Å². The molecule has 1 N–H and O–H groups in total. The Hall–Kier alpha value is -0.530. The number of fused-ring (bicyclic) bond motifs is 6. The van der Waals surface area contributed by atoms with Gasteiger partial charge >= 0.3 is 0 Å². The van der Waals surface area contributed by atoms with Gasteiger partial charge in [-0.15, -0.1) is 0 Å². The number of hydrazone groups is 1. The summed E-state index contributed by atoms with van der Waals surface area (Å²) in [6, 6.07) is 0. The summed E-state index contributed by atoms with van der Waals surface area (Å²) < 4.78 is 0. The van der Waals surface area contributed by atoms with Crippen LogP contribution in [0.15, 0.2) is 5.10 Å². The van der Waals surface area contributed by atoms with Crippen LogP contribution in [0.3, 0.4) is 0 Å². The van der Waals surface area contributed by atoms with Crippen LogP contribution in [0.1, 0.15) is 112 Å². The molecule has 8 atom stereocenters. The van der Waals surface area contributed by atoms with Gasteiger partial charge in [0.05, 0.1) is 5.54 Å². The molecule has 0 aromatic rings. The maximum Gasteiger partial charge on any atom is 0.0657 e. The van der Waals surface area contributed by atoms with Crippen LogP contribution in [0.4, 0.5) is 0 Å². The van der Waals surface area contributed by atoms with E-state index in [4.69, 9.17) is 5.10 Å². The Morgan fingerprint density at radius 3 is 2.55 bits per heavy atom. The van der Waals surface area contributed by atoms with E-state index >= 15 is 0 Å². The number of nitrogens with one attached hydrogen (secondary N) is 1. The lowest BCUT2D eigenvalue weighted by atomic mass is 9.42. The van der Waals surface area contributed by atoms with Crippen LogP contribution in [-0.4, -0.2) is 11.3 Å². The minimum atomic E-state index is 0.317. The van der Waals surface area contributed by atoms with Crippen molar-refractivity contribution in [2.24, 2.45) is 51.4 Å². The summed E-state index contributed by atoms with van der Waals surface area (Å²) in [7, 11) is 0. The lowest BCUT2D eigenvalue weighted by Gasteiger charge is -2.62. The first-order valence-electron chi connectivity index (χ1n) is 13.1. The van der Waals surface area contributed by atoms with E-state index in [2.05, 4.69) is 40.0 Å². The Morgan fingerprint density at radius 1 is 0.966 bits per heavy atom. The van der Waals surface area contributed by atoms with Crippen molar-refractivity contribution >= 4 is 5.71 Å². The molecule has 1 spiro atoms. The zero-order valence-electron chi connectivity index (χ0n) is 19.9. The number of nitrogens with zero attached hydrogens (tertiary/aromatic N) is 1. The summed E-state index contributed by atoms with van der Waals surface area (Å²) in [5, 5.41) is 5.10. The lowest BCUT2D eigenvalue weighted by Crippen LogP contribution is -2.65. The van der Waals surface area contributed by atoms with E-state index in [-0.39, 0.29) is 0 Å². The van der Waals surface area contributed by atoms with Crippen LogP contribution < -0.4 is 5.43 Å². The fraction of sp³-hybridized carbons (Fsp3) is 0.963. The zero-order chi connectivity index (χ0) is 20.4. The second-order valence-electron chi connectivity index (χ2n) is 12.9. The first-order valence-corrected chi connectivity index (χ1v) is 13.1. The van der Waals surface area contributed by atoms with Crippen LogP contribution >= 0.6 is 0 Å². The van der Waals surface area contributed by atoms with Gasteiger partial charge in [0, 0.05) is 18.1 Å². The van der Waals surface area contributed by atoms with Crippen molar-refractivity contribution in [3.8, 4) is 0 Å². The maximum absolute atomic E-state index is 5.10. The highest BCUT2D eigenvalue weighted by atomic mass is 15.4. The molecule has 0 aromatic heterocycles. The molecule has 0 radical (unpaired) electrons. The topological polar surface area (TPSA) is 24.4 Å². The molecule has 2 heteroatoms. The smallest absolute Gasteiger partial charge is 0.0657 e. The first kappa shape index (κ1) is 20.4. The Bertz CT molecular complexity index is 667. The van der Waals surface area contributed by atoms with Gasteiger partial charge in [0.1, 0.15) is 0 Å². The molecular weight excluding hydrogens is 352 g/mol. The molecule has 1 heterocycles. The summed E-state index contributed by atoms with van der Waals surface area (Å²) in [6.45, 7) is 12.7. The molecule has 4 saturated carbocycles. The van der Waals surface area contributed by atoms with E-state index < -0.39 is 0 Å². The number of hydrogen-bond acceptors (Lipinski definition) is 2. The normalized spacial score (nSPS) is 49.1. The minimum absolute atomic E-state index is 0.317. The summed E-state index contributed by atoms with van der Waals surface area (Å²) in [4.78, 5) is 0. The standard InChI is InChI=1S/C27H46N2/c1-18(2)9-8-10-19(3)20-11-12-21-24-22(13-16-25(20,21)4)26(5)14-6-7-15-27(26)17-23(24)28-29-27/h18-22,24,29H,6-17H2,1-5H3/t19-,20-,21+,22+,24+,25-,26-,27+/m1/s1. The summed E-state index contributed by atoms with van der Waals surface area (Å²) in [5.41, 5.74) is 6.73. The second kappa shape index (κ2) is 6.99. The molecule has 2 bridgehead atoms. The predicted molar refractivity (Wildman–Crippen MR) is 123 cm³/mol. The molecule has 5 rings (SSSR count). The Morgan fingerprint density at radius 2 is 1.76 bits per heavy atom. The monoisotopic (exact) mass is 398 g/mol. The lowest BCUT2D eigenvalue weighted by molar-refractivity contribution is -0.0853. The van der Waals surface area contributed by atoms with Crippen molar-refractivity contribution in [2.75, 3.05) is 0 Å². The van der Waals surface area contributed by atoms with Crippen molar-refractivity contribution in [3.63, 3.8) is 0 Å². The molecule has 0 unspecified atom stereocenters. The Labute approximate surface area is 180 Å². The van der Waals surface area contributed by atoms with E-state index in [1.165, 1.54) is 77.0 Å². The van der Waals surface area contributed by atoms with Gasteiger partial charge in [-0.25, -0.2) is 0 Å². The van der Waals surface area contributed by atoms with Crippen LogP contribution in [0, 0.1) is 46.3 Å². The molecule has 1 aliphatic heterocycles. The van der Waals surface area contributed by atoms with Crippen molar-refractivity contribution in [1.29, 1.82) is 0 Å². The van der Waals surface area contributed by atoms with Gasteiger partial charge < -0.3 is 5.43 Å². The molecule has 29 heavy (non-hydrogen) atoms. The minimum Gasteiger partial charge on any atom is -0.303 e. The van der Waals surface area contributed by atoms with Crippen LogP contribution in [0.2, 0.25) is 0 Å². The molecule has 5 aliphatic rings. The molecule has 4 aliphatic carbocycles. The molecule has 0 saturated heterocycles. The van der Waals surface area contributed by atoms with E-state index in [1.54, 1.807) is 5.71 Å². The number of rotatable bonds is 5. The third kappa shape index (κ3) is 2.82. The van der Waals surface area contributed by atoms with Crippen LogP contribution in [-0.2, 0) is 0 Å². The highest BCUT2D eigenvalue weighted by molar-refractivity contribution is 5.91. The molecule has 2 nitrogen and oxygen atoms in total. The third-order valence-corrected chi connectivity index (χ3v) is 11.2. The predicted octanol–water partition coefficient (Wildman–Crippen LogP) is 7.19. The van der Waals surface area contributed by atoms with Crippen molar-refractivity contribution < 1.29 is 0 Å². The largest absolute Gasteiger partial charge is 0.303 e. The molecule has 4 fully saturated rings. The third-order valence-electron chi connectivity index (χ3n) is 11.2. The highest BCUT2D eigenvalue weighted by Gasteiger charge is 2.67. The Kier molecular flexibility index (Phi) is 4.91. The summed E-state index contributed by atoms with van der Waals surface area (Å²) in [6.07, 6.45) is 17.1. The van der Waals surface area contributed by atoms with Crippen LogP contribution in [0.5, 0.6) is 0 Å². The van der Waals surface area contributed by atoms with Crippen molar-refractivity contribution in [1.82, 2.24) is 5.43 Å². The zero-order valence-corrected chi connectivity index (χ0v) is 19.9. The van der Waals surface area contributed by atoms with Gasteiger partial charge in [-0.05, 0) is 78.9 Å². The van der Waals surface area contributed by atoms with Gasteiger partial charge in [-0.1, -0.05) is 66.7 Å². The first-order chi connectivity index (χ1) is 13.8. The van der Waals surface area contributed by atoms with Gasteiger partial charge in [0.15, 0.2) is 0 Å². The van der Waals surface area contributed by atoms with Gasteiger partial charge in [-0.2, -0.15) is 5.10 Å². The number of hydrogen-bond donors (Lipinski definition) is 1. The van der Waals surface area contributed by atoms with Gasteiger partial charge in [0.2, 0.25) is 0 Å². The fourth-order valence-electron chi connectivity index (χ4n) is 9.56. The van der Waals surface area contributed by atoms with E-state index in [1.807, 2.05) is 0 Å². The highest BCUT2D eigenvalue weighted by Crippen LogP contribution is 2.69. The van der Waals surface area contributed by atoms with E-state index in [0.717, 1.165) is 35.5 Å². The average molecular weight is 399 g/mol. The quantitative estimate of drug-likeness (QED) is 0.520. The Balaban J connectivity index is 1.38. The van der Waals surface area contributed by atoms with Crippen LogP contribution in [0.25, 0.3) is 0 Å². The summed E-state index contributed by atoms with van der Waals surface area (Å²) in [5.74, 6) is 5.27. The average Bonchev–Trinajstić information content (AvgIpc) is 3.23. The van der Waals surface area contributed by atoms with Crippen molar-refractivity contribution in [2.45, 2.75) is 117 Å². The SMILES string of the molecule is CC(C)CCC[C@@H](C)[C@H]1CC[C@H]2[C@@H]3C4=NN[C@@]5(CCCC[C@]5(C)[C@H]3CC[C@]12C)C4.